The molecule has 9 rings (SSSR count). The molecule has 0 aliphatic carbocycles. The molecule has 530 valence electrons. The van der Waals surface area contributed by atoms with Crippen molar-refractivity contribution >= 4 is 111 Å². The topological polar surface area (TPSA) is 203 Å². The van der Waals surface area contributed by atoms with Crippen LogP contribution in [0.2, 0.25) is 0 Å². The summed E-state index contributed by atoms with van der Waals surface area (Å²) in [6.07, 6.45) is 7.13. The molecule has 14 atom stereocenters. The van der Waals surface area contributed by atoms with Crippen LogP contribution >= 0.6 is 58.8 Å². The van der Waals surface area contributed by atoms with Crippen molar-refractivity contribution in [2.24, 2.45) is 0 Å². The zero-order chi connectivity index (χ0) is 69.6. The molecule has 1 N–H and O–H groups in total. The second-order valence-electron chi connectivity index (χ2n) is 27.0. The highest BCUT2D eigenvalue weighted by Crippen LogP contribution is 2.44. The van der Waals surface area contributed by atoms with Gasteiger partial charge in [0.05, 0.1) is 82.0 Å². The third kappa shape index (κ3) is 29.2. The molecule has 9 aliphatic heterocycles. The molecule has 0 bridgehead atoms. The van der Waals surface area contributed by atoms with Crippen LogP contribution in [0.5, 0.6) is 0 Å². The van der Waals surface area contributed by atoms with E-state index in [-0.39, 0.29) is 94.8 Å². The SMILES string of the molecule is C.CC(=O)[C@@H]1CCCCN1C.CC(=O)[C@@H]1CCCN1C.CC(=O)[C@@H]1CCN1C.CC(=O)[C@@H]1CSC(C)N1C.CC(=O)[C@@H]1CSC(C)N1C.CC(=O)[C@@H]1CSCN1C.CC(=O)[C@@H]1C[C@@H](O)CN1C.CC(=O)[C@H]1N(C)C(C)SC1(C)C.CC(=O)[C@H]1N(C)C(C)SC1(C)C. The molecular weight excluding hydrogens is 1250 g/mol. The Morgan fingerprint density at radius 1 is 0.374 bits per heavy atom. The van der Waals surface area contributed by atoms with Gasteiger partial charge >= 0.3 is 0 Å². The highest BCUT2D eigenvalue weighted by Gasteiger charge is 2.47. The lowest BCUT2D eigenvalue weighted by Crippen LogP contribution is -2.48. The van der Waals surface area contributed by atoms with Gasteiger partial charge in [-0.05, 0) is 233 Å². The Morgan fingerprint density at radius 2 is 0.714 bits per heavy atom. The number of piperidine rings is 1. The summed E-state index contributed by atoms with van der Waals surface area (Å²) in [6.45, 7) is 36.0. The van der Waals surface area contributed by atoms with Crippen molar-refractivity contribution < 1.29 is 48.3 Å². The van der Waals surface area contributed by atoms with Gasteiger partial charge in [0.2, 0.25) is 0 Å². The first-order chi connectivity index (χ1) is 41.4. The summed E-state index contributed by atoms with van der Waals surface area (Å²) in [5, 5.41) is 11.0. The molecule has 9 heterocycles. The monoisotopic (exact) mass is 1380 g/mol. The Bertz CT molecular complexity index is 2170. The Labute approximate surface area is 574 Å². The first kappa shape index (κ1) is 89.4. The van der Waals surface area contributed by atoms with E-state index in [9.17, 15) is 43.2 Å². The van der Waals surface area contributed by atoms with E-state index in [4.69, 9.17) is 5.11 Å². The van der Waals surface area contributed by atoms with Crippen molar-refractivity contribution in [3.05, 3.63) is 0 Å². The number of hydrogen-bond acceptors (Lipinski definition) is 24. The summed E-state index contributed by atoms with van der Waals surface area (Å²) in [5.74, 6) is 6.44. The van der Waals surface area contributed by atoms with Gasteiger partial charge in [0.15, 0.2) is 0 Å². The zero-order valence-corrected chi connectivity index (χ0v) is 64.5. The van der Waals surface area contributed by atoms with Gasteiger partial charge in [-0.25, -0.2) is 0 Å². The summed E-state index contributed by atoms with van der Waals surface area (Å²) < 4.78 is 0.139. The number of likely N-dealkylation sites (N-methyl/N-ethyl adjacent to an activating group) is 9. The van der Waals surface area contributed by atoms with Crippen molar-refractivity contribution in [3.63, 3.8) is 0 Å². The van der Waals surface area contributed by atoms with Crippen LogP contribution in [0, 0.1) is 0 Å². The molecule has 19 nitrogen and oxygen atoms in total. The highest BCUT2D eigenvalue weighted by atomic mass is 32.2. The molecule has 4 unspecified atom stereocenters. The lowest BCUT2D eigenvalue weighted by atomic mass is 9.99. The normalized spacial score (nSPS) is 32.2. The average molecular weight is 1380 g/mol. The van der Waals surface area contributed by atoms with Crippen LogP contribution in [0.3, 0.4) is 0 Å². The van der Waals surface area contributed by atoms with Crippen LogP contribution in [0.15, 0.2) is 0 Å². The van der Waals surface area contributed by atoms with Gasteiger partial charge in [0, 0.05) is 45.7 Å². The predicted octanol–water partition coefficient (Wildman–Crippen LogP) is 8.30. The average Bonchev–Trinajstić information content (AvgIpc) is 1.72. The van der Waals surface area contributed by atoms with E-state index in [2.05, 4.69) is 94.6 Å². The van der Waals surface area contributed by atoms with Gasteiger partial charge in [0.1, 0.15) is 52.0 Å². The lowest BCUT2D eigenvalue weighted by Gasteiger charge is -2.35. The molecule has 9 aliphatic rings. The summed E-state index contributed by atoms with van der Waals surface area (Å²) in [5.41, 5.74) is 0. The number of ketones is 9. The minimum Gasteiger partial charge on any atom is -0.392 e. The summed E-state index contributed by atoms with van der Waals surface area (Å²) in [7, 11) is 18.0. The van der Waals surface area contributed by atoms with Crippen LogP contribution in [-0.4, -0.2) is 305 Å². The fraction of sp³-hybridized carbons (Fsp3) is 0.866. The molecule has 0 spiro atoms. The highest BCUT2D eigenvalue weighted by molar-refractivity contribution is 8.02. The summed E-state index contributed by atoms with van der Waals surface area (Å²) in [4.78, 5) is 118. The predicted molar refractivity (Wildman–Crippen MR) is 388 cm³/mol. The van der Waals surface area contributed by atoms with Crippen LogP contribution in [0.25, 0.3) is 0 Å². The Morgan fingerprint density at radius 3 is 0.857 bits per heavy atom. The molecule has 0 saturated carbocycles. The maximum atomic E-state index is 11.4. The fourth-order valence-corrected chi connectivity index (χ4v) is 20.0. The number of aliphatic hydroxyl groups is 1. The number of nitrogens with zero attached hydrogens (tertiary/aromatic N) is 9. The largest absolute Gasteiger partial charge is 0.392 e. The zero-order valence-electron chi connectivity index (χ0n) is 60.4. The van der Waals surface area contributed by atoms with Crippen LogP contribution < -0.4 is 0 Å². The second kappa shape index (κ2) is 42.2. The summed E-state index contributed by atoms with van der Waals surface area (Å²) >= 11 is 9.26. The van der Waals surface area contributed by atoms with Gasteiger partial charge in [-0.3, -0.25) is 87.3 Å². The maximum Gasteiger partial charge on any atom is 0.148 e. The Hall–Kier alpha value is -1.62. The van der Waals surface area contributed by atoms with Gasteiger partial charge in [0.25, 0.3) is 0 Å². The number of rotatable bonds is 9. The first-order valence-electron chi connectivity index (χ1n) is 32.2. The standard InChI is InChI=1S/2C9H17NOS.C8H15NO.C7H13NO2.2C7H13NOS.C7H13NO.C6H11NOS.C6H11NO.CH4/c2*1-6(11)8-9(3,4)12-7(2)10(8)5;1-7(10)8-5-3-4-6-9(8)2;1-5(9)7-3-6(10)4-8(7)2;2*1-5(9)7-4-10-6(2)8(7)3;1-6(9)7-4-3-5-8(7)2;1-5(8)6-3-9-4-7(6)2;1-5(8)6-3-4-7(6)2;/h2*7-8H,1-5H3;8H,3-6H2,1-2H3;6-7,10H,3-4H2,1-2H3;2*6-7H,4H2,1-3H3;7H,3-5H2,1-2H3;6H,3-4H2,1-2H3;6H,3-4H2,1-2H3;1H4/t2*7?,8-;8-;6-,7+;2*6?,7-;7-;2*6-;/m110100000./s1. The van der Waals surface area contributed by atoms with E-state index >= 15 is 0 Å². The van der Waals surface area contributed by atoms with Crippen LogP contribution in [0.1, 0.15) is 170 Å². The van der Waals surface area contributed by atoms with Crippen LogP contribution in [0.4, 0.5) is 0 Å². The third-order valence-corrected chi connectivity index (χ3v) is 25.4. The molecule has 24 heteroatoms. The molecule has 91 heavy (non-hydrogen) atoms. The molecule has 0 aromatic carbocycles. The van der Waals surface area contributed by atoms with E-state index in [0.29, 0.717) is 69.2 Å². The van der Waals surface area contributed by atoms with E-state index in [1.54, 1.807) is 62.3 Å². The van der Waals surface area contributed by atoms with E-state index < -0.39 is 0 Å². The smallest absolute Gasteiger partial charge is 0.148 e. The molecule has 0 aromatic rings. The number of carbonyl (C=O) groups excluding carboxylic acids is 9. The Kier molecular flexibility index (Phi) is 41.5. The first-order valence-corrected chi connectivity index (χ1v) is 37.2. The molecule has 0 amide bonds. The molecule has 9 saturated heterocycles. The van der Waals surface area contributed by atoms with Crippen LogP contribution in [-0.2, 0) is 43.2 Å². The van der Waals surface area contributed by atoms with Gasteiger partial charge < -0.3 is 5.11 Å². The number of thioether (sulfide) groups is 5. The van der Waals surface area contributed by atoms with Crippen molar-refractivity contribution in [3.8, 4) is 0 Å². The molecule has 0 radical (unpaired) electrons. The quantitative estimate of drug-likeness (QED) is 0.231. The second-order valence-corrected chi connectivity index (χ2v) is 34.7. The molecule has 0 aromatic heterocycles. The lowest BCUT2D eigenvalue weighted by molar-refractivity contribution is -0.125. The van der Waals surface area contributed by atoms with E-state index in [1.165, 1.54) is 19.3 Å². The number of carbonyl (C=O) groups is 9. The number of aliphatic hydroxyl groups excluding tert-OH is 1. The number of likely N-dealkylation sites (tertiary alicyclic amines) is 4. The third-order valence-electron chi connectivity index (χ3n) is 18.6. The summed E-state index contributed by atoms with van der Waals surface area (Å²) in [6, 6.07) is 1.33. The Balaban J connectivity index is 0.00000100. The van der Waals surface area contributed by atoms with Crippen molar-refractivity contribution in [2.45, 2.75) is 262 Å². The fourth-order valence-electron chi connectivity index (χ4n) is 12.8. The number of β-amino-alcohol motifs (C(OH)–C–C–N with tert-alkyl or cyclic N) is 1. The van der Waals surface area contributed by atoms with E-state index in [1.807, 2.05) is 127 Å². The van der Waals surface area contributed by atoms with Gasteiger partial charge in [-0.1, -0.05) is 13.8 Å². The minimum atomic E-state index is -0.307. The van der Waals surface area contributed by atoms with Crippen molar-refractivity contribution in [1.82, 2.24) is 44.1 Å². The molecular formula is C67H127N9O10S5. The minimum absolute atomic E-state index is 0. The maximum absolute atomic E-state index is 11.4. The van der Waals surface area contributed by atoms with E-state index in [0.717, 1.165) is 62.0 Å². The van der Waals surface area contributed by atoms with Crippen molar-refractivity contribution in [2.75, 3.05) is 113 Å². The van der Waals surface area contributed by atoms with Gasteiger partial charge in [-0.2, -0.15) is 0 Å². The van der Waals surface area contributed by atoms with Crippen molar-refractivity contribution in [1.29, 1.82) is 0 Å². The van der Waals surface area contributed by atoms with Gasteiger partial charge in [-0.15, -0.1) is 58.8 Å². The number of Topliss-reactive ketones (excluding diaryl/α,β-unsaturated/α-hetero) is 9. The number of hydrogen-bond donors (Lipinski definition) is 1. The molecule has 9 fully saturated rings.